The highest BCUT2D eigenvalue weighted by Crippen LogP contribution is 2.41. The maximum absolute atomic E-state index is 14.3. The predicted molar refractivity (Wildman–Crippen MR) is 176 cm³/mol. The Morgan fingerprint density at radius 3 is 2.44 bits per heavy atom. The molecule has 9 nitrogen and oxygen atoms in total. The first-order chi connectivity index (χ1) is 21.7. The minimum Gasteiger partial charge on any atom is -0.493 e. The fourth-order valence-corrected chi connectivity index (χ4v) is 6.84. The van der Waals surface area contributed by atoms with E-state index < -0.39 is 12.0 Å². The number of halogens is 2. The summed E-state index contributed by atoms with van der Waals surface area (Å²) < 4.78 is 30.8. The third-order valence-corrected chi connectivity index (χ3v) is 9.01. The number of ether oxygens (including phenoxy) is 5. The Hall–Kier alpha value is -4.06. The van der Waals surface area contributed by atoms with E-state index in [0.29, 0.717) is 58.7 Å². The summed E-state index contributed by atoms with van der Waals surface area (Å²) in [6.07, 6.45) is 1.74. The van der Waals surface area contributed by atoms with Gasteiger partial charge in [0.05, 0.1) is 49.8 Å². The second-order valence-corrected chi connectivity index (χ2v) is 12.1. The van der Waals surface area contributed by atoms with Crippen molar-refractivity contribution in [1.82, 2.24) is 4.57 Å². The molecule has 3 aromatic carbocycles. The fourth-order valence-electron chi connectivity index (χ4n) is 5.05. The van der Waals surface area contributed by atoms with Crippen LogP contribution in [-0.4, -0.2) is 38.5 Å². The van der Waals surface area contributed by atoms with Crippen molar-refractivity contribution < 1.29 is 28.5 Å². The third kappa shape index (κ3) is 6.51. The van der Waals surface area contributed by atoms with Crippen LogP contribution in [0.1, 0.15) is 36.6 Å². The van der Waals surface area contributed by atoms with Gasteiger partial charge in [0.2, 0.25) is 0 Å². The van der Waals surface area contributed by atoms with Gasteiger partial charge < -0.3 is 23.7 Å². The van der Waals surface area contributed by atoms with Gasteiger partial charge in [-0.05, 0) is 61.4 Å². The lowest BCUT2D eigenvalue weighted by atomic mass is 9.95. The summed E-state index contributed by atoms with van der Waals surface area (Å²) >= 11 is 11.0. The monoisotopic (exact) mass is 712 g/mol. The van der Waals surface area contributed by atoms with E-state index in [1.807, 2.05) is 30.3 Å². The molecule has 234 valence electrons. The van der Waals surface area contributed by atoms with Crippen molar-refractivity contribution in [3.63, 3.8) is 0 Å². The summed E-state index contributed by atoms with van der Waals surface area (Å²) in [6, 6.07) is 15.4. The molecule has 1 aliphatic rings. The summed E-state index contributed by atoms with van der Waals surface area (Å²) in [5.41, 5.74) is 2.46. The Morgan fingerprint density at radius 1 is 1.04 bits per heavy atom. The van der Waals surface area contributed by atoms with Crippen LogP contribution in [0.2, 0.25) is 5.02 Å². The van der Waals surface area contributed by atoms with Crippen molar-refractivity contribution in [3.05, 3.63) is 112 Å². The number of rotatable bonds is 10. The molecule has 0 N–H and O–H groups in total. The molecule has 1 atom stereocenters. The highest BCUT2D eigenvalue weighted by molar-refractivity contribution is 9.10. The summed E-state index contributed by atoms with van der Waals surface area (Å²) in [4.78, 5) is 32.7. The number of carbonyl (C=O) groups excluding carboxylic acids is 1. The molecular weight excluding hydrogens is 684 g/mol. The lowest BCUT2D eigenvalue weighted by molar-refractivity contribution is -0.139. The molecule has 0 spiro atoms. The summed E-state index contributed by atoms with van der Waals surface area (Å²) in [6.45, 7) is 3.85. The number of fused-ring (bicyclic) bond motifs is 1. The average molecular weight is 714 g/mol. The first-order valence-electron chi connectivity index (χ1n) is 13.9. The molecule has 2 heterocycles. The van der Waals surface area contributed by atoms with Crippen LogP contribution in [-0.2, 0) is 16.1 Å². The Morgan fingerprint density at radius 2 is 1.76 bits per heavy atom. The van der Waals surface area contributed by atoms with E-state index in [2.05, 4.69) is 20.9 Å². The van der Waals surface area contributed by atoms with Gasteiger partial charge in [0, 0.05) is 15.1 Å². The van der Waals surface area contributed by atoms with E-state index in [0.717, 1.165) is 5.56 Å². The third-order valence-electron chi connectivity index (χ3n) is 7.10. The Bertz CT molecular complexity index is 1990. The van der Waals surface area contributed by atoms with Gasteiger partial charge >= 0.3 is 5.97 Å². The van der Waals surface area contributed by atoms with Crippen molar-refractivity contribution in [2.75, 3.05) is 27.9 Å². The predicted octanol–water partition coefficient (Wildman–Crippen LogP) is 5.82. The van der Waals surface area contributed by atoms with E-state index in [9.17, 15) is 9.59 Å². The SMILES string of the molecule is CCOC(=O)C1=C(C)N=c2s/c(=C\c3cccc(OC)c3OCc3cccc(Cl)c3)c(=O)n2[C@@H]1c1cc(OC)c(OC)cc1Br. The zero-order valence-corrected chi connectivity index (χ0v) is 28.3. The molecule has 0 amide bonds. The standard InChI is InChI=1S/C33H30BrClN2O7S/c1-6-43-32(39)28-18(2)36-33-37(29(28)22-15-25(41-4)26(42-5)16-23(22)34)31(38)27(45-33)14-20-10-8-12-24(40-3)30(20)44-17-19-9-7-11-21(35)13-19/h7-16,29H,6,17H2,1-5H3/b27-14-/t29-/m1/s1. The second-order valence-electron chi connectivity index (χ2n) is 9.83. The van der Waals surface area contributed by atoms with Crippen LogP contribution < -0.4 is 33.8 Å². The number of esters is 1. The van der Waals surface area contributed by atoms with Crippen LogP contribution in [0.5, 0.6) is 23.0 Å². The largest absolute Gasteiger partial charge is 0.493 e. The molecule has 0 radical (unpaired) electrons. The molecule has 0 saturated heterocycles. The first-order valence-corrected chi connectivity index (χ1v) is 15.8. The van der Waals surface area contributed by atoms with E-state index in [1.54, 1.807) is 51.3 Å². The minimum atomic E-state index is -0.861. The number of methoxy groups -OCH3 is 3. The molecule has 4 aromatic rings. The maximum atomic E-state index is 14.3. The van der Waals surface area contributed by atoms with Gasteiger partial charge in [0.25, 0.3) is 5.56 Å². The molecule has 0 saturated carbocycles. The van der Waals surface area contributed by atoms with Crippen molar-refractivity contribution in [2.24, 2.45) is 4.99 Å². The lowest BCUT2D eigenvalue weighted by Gasteiger charge is -2.26. The zero-order valence-electron chi connectivity index (χ0n) is 25.2. The number of hydrogen-bond donors (Lipinski definition) is 0. The van der Waals surface area contributed by atoms with E-state index in [4.69, 9.17) is 35.3 Å². The normalized spacial score (nSPS) is 14.5. The summed E-state index contributed by atoms with van der Waals surface area (Å²) in [5.74, 6) is 1.33. The fraction of sp³-hybridized carbons (Fsp3) is 0.242. The van der Waals surface area contributed by atoms with E-state index in [1.165, 1.54) is 30.1 Å². The molecule has 0 aliphatic carbocycles. The Labute approximate surface area is 277 Å². The molecule has 12 heteroatoms. The summed E-state index contributed by atoms with van der Waals surface area (Å²) in [7, 11) is 4.61. The van der Waals surface area contributed by atoms with Gasteiger partial charge in [-0.15, -0.1) is 0 Å². The van der Waals surface area contributed by atoms with Gasteiger partial charge in [-0.3, -0.25) is 9.36 Å². The maximum Gasteiger partial charge on any atom is 0.338 e. The van der Waals surface area contributed by atoms with Gasteiger partial charge in [0.1, 0.15) is 6.61 Å². The van der Waals surface area contributed by atoms with Crippen LogP contribution in [0.25, 0.3) is 6.08 Å². The minimum absolute atomic E-state index is 0.160. The molecule has 5 rings (SSSR count). The van der Waals surface area contributed by atoms with Gasteiger partial charge in [-0.25, -0.2) is 9.79 Å². The topological polar surface area (TPSA) is 97.6 Å². The second kappa shape index (κ2) is 13.9. The van der Waals surface area contributed by atoms with Gasteiger partial charge in [0.15, 0.2) is 27.8 Å². The molecular formula is C33H30BrClN2O7S. The average Bonchev–Trinajstić information content (AvgIpc) is 3.33. The number of para-hydroxylation sites is 1. The van der Waals surface area contributed by atoms with E-state index in [-0.39, 0.29) is 24.3 Å². The molecule has 45 heavy (non-hydrogen) atoms. The van der Waals surface area contributed by atoms with Crippen molar-refractivity contribution in [3.8, 4) is 23.0 Å². The number of aromatic nitrogens is 1. The smallest absolute Gasteiger partial charge is 0.338 e. The summed E-state index contributed by atoms with van der Waals surface area (Å²) in [5, 5.41) is 0.602. The highest BCUT2D eigenvalue weighted by atomic mass is 79.9. The number of benzene rings is 3. The van der Waals surface area contributed by atoms with Crippen LogP contribution in [0.15, 0.2) is 80.1 Å². The van der Waals surface area contributed by atoms with Crippen molar-refractivity contribution >= 4 is 50.9 Å². The first kappa shape index (κ1) is 32.3. The Balaban J connectivity index is 1.69. The van der Waals surface area contributed by atoms with Crippen LogP contribution in [0.3, 0.4) is 0 Å². The number of hydrogen-bond acceptors (Lipinski definition) is 9. The number of carbonyl (C=O) groups is 1. The van der Waals surface area contributed by atoms with Crippen molar-refractivity contribution in [1.29, 1.82) is 0 Å². The molecule has 0 unspecified atom stereocenters. The van der Waals surface area contributed by atoms with Crippen molar-refractivity contribution in [2.45, 2.75) is 26.5 Å². The van der Waals surface area contributed by atoms with Crippen LogP contribution >= 0.6 is 38.9 Å². The number of allylic oxidation sites excluding steroid dienone is 1. The Kier molecular flexibility index (Phi) is 10.0. The zero-order chi connectivity index (χ0) is 32.2. The highest BCUT2D eigenvalue weighted by Gasteiger charge is 2.35. The number of thiazole rings is 1. The lowest BCUT2D eigenvalue weighted by Crippen LogP contribution is -2.40. The quantitative estimate of drug-likeness (QED) is 0.191. The molecule has 1 aliphatic heterocycles. The van der Waals surface area contributed by atoms with Crippen LogP contribution in [0, 0.1) is 0 Å². The molecule has 0 fully saturated rings. The van der Waals surface area contributed by atoms with Crippen LogP contribution in [0.4, 0.5) is 0 Å². The molecule has 0 bridgehead atoms. The molecule has 1 aromatic heterocycles. The van der Waals surface area contributed by atoms with Gasteiger partial charge in [-0.1, -0.05) is 63.1 Å². The van der Waals surface area contributed by atoms with Gasteiger partial charge in [-0.2, -0.15) is 0 Å². The van der Waals surface area contributed by atoms with E-state index >= 15 is 0 Å². The number of nitrogens with zero attached hydrogens (tertiary/aromatic N) is 2.